The highest BCUT2D eigenvalue weighted by Gasteiger charge is 2.37. The zero-order valence-corrected chi connectivity index (χ0v) is 13.5. The summed E-state index contributed by atoms with van der Waals surface area (Å²) in [4.78, 5) is 26.2. The number of nitrogens with zero attached hydrogens (tertiary/aromatic N) is 2. The summed E-state index contributed by atoms with van der Waals surface area (Å²) in [7, 11) is 0. The molecule has 0 unspecified atom stereocenters. The van der Waals surface area contributed by atoms with Gasteiger partial charge >= 0.3 is 0 Å². The van der Waals surface area contributed by atoms with E-state index in [-0.39, 0.29) is 17.9 Å². The van der Waals surface area contributed by atoms with Gasteiger partial charge in [0.2, 0.25) is 11.8 Å². The summed E-state index contributed by atoms with van der Waals surface area (Å²) in [5, 5.41) is 9.84. The maximum absolute atomic E-state index is 12.5. The molecule has 1 fully saturated rings. The Hall–Kier alpha value is -1.89. The zero-order chi connectivity index (χ0) is 16.3. The highest BCUT2D eigenvalue weighted by molar-refractivity contribution is 5.88. The molecule has 2 heterocycles. The molecule has 1 saturated heterocycles. The van der Waals surface area contributed by atoms with E-state index in [4.69, 9.17) is 5.73 Å². The predicted molar refractivity (Wildman–Crippen MR) is 83.2 cm³/mol. The van der Waals surface area contributed by atoms with Crippen molar-refractivity contribution in [2.24, 2.45) is 5.73 Å². The number of aromatic amines is 1. The molecule has 1 aromatic rings. The van der Waals surface area contributed by atoms with Gasteiger partial charge < -0.3 is 16.0 Å². The number of hydrogen-bond donors (Lipinski definition) is 3. The van der Waals surface area contributed by atoms with Gasteiger partial charge in [-0.3, -0.25) is 14.7 Å². The van der Waals surface area contributed by atoms with Crippen molar-refractivity contribution in [2.45, 2.75) is 52.1 Å². The van der Waals surface area contributed by atoms with Crippen LogP contribution in [0.4, 0.5) is 0 Å². The molecule has 0 radical (unpaired) electrons. The Bertz CT molecular complexity index is 535. The number of nitrogens with one attached hydrogen (secondary N) is 2. The molecule has 0 aliphatic carbocycles. The van der Waals surface area contributed by atoms with E-state index in [1.807, 2.05) is 20.8 Å². The Morgan fingerprint density at radius 2 is 2.18 bits per heavy atom. The third-order valence-corrected chi connectivity index (χ3v) is 4.18. The average molecular weight is 307 g/mol. The first-order chi connectivity index (χ1) is 10.4. The van der Waals surface area contributed by atoms with Crippen LogP contribution >= 0.6 is 0 Å². The zero-order valence-electron chi connectivity index (χ0n) is 13.5. The van der Waals surface area contributed by atoms with Crippen molar-refractivity contribution in [3.63, 3.8) is 0 Å². The fourth-order valence-electron chi connectivity index (χ4n) is 3.00. The number of aryl methyl sites for hydroxylation is 2. The van der Waals surface area contributed by atoms with Crippen LogP contribution in [0.3, 0.4) is 0 Å². The second-order valence-corrected chi connectivity index (χ2v) is 5.86. The van der Waals surface area contributed by atoms with Crippen molar-refractivity contribution in [1.29, 1.82) is 0 Å². The van der Waals surface area contributed by atoms with Crippen molar-refractivity contribution in [2.75, 3.05) is 13.1 Å². The quantitative estimate of drug-likeness (QED) is 0.713. The van der Waals surface area contributed by atoms with Crippen LogP contribution in [-0.4, -0.2) is 52.1 Å². The minimum atomic E-state index is -0.436. The minimum absolute atomic E-state index is 0.0239. The maximum atomic E-state index is 12.5. The van der Waals surface area contributed by atoms with Crippen LogP contribution < -0.4 is 11.1 Å². The lowest BCUT2D eigenvalue weighted by atomic mass is 10.1. The lowest BCUT2D eigenvalue weighted by Crippen LogP contribution is -2.46. The van der Waals surface area contributed by atoms with Crippen LogP contribution in [0.1, 0.15) is 36.7 Å². The molecule has 1 aliphatic heterocycles. The van der Waals surface area contributed by atoms with E-state index >= 15 is 0 Å². The number of hydrogen-bond acceptors (Lipinski definition) is 4. The Balaban J connectivity index is 1.99. The number of rotatable bonds is 5. The number of likely N-dealkylation sites (N-methyl/N-ethyl adjacent to an activating group) is 1. The summed E-state index contributed by atoms with van der Waals surface area (Å²) in [6.45, 7) is 6.74. The minimum Gasteiger partial charge on any atom is -0.355 e. The first kappa shape index (κ1) is 16.5. The standard InChI is InChI=1S/C15H25N5O2/c1-4-17-15(22)13-7-11(16)8-20(13)14(21)6-5-12-9(2)18-19-10(12)3/h11,13H,4-8,16H2,1-3H3,(H,17,22)(H,18,19)/t11-,13+/m1/s1. The number of likely N-dealkylation sites (tertiary alicyclic amines) is 1. The van der Waals surface area contributed by atoms with Crippen LogP contribution in [0.2, 0.25) is 0 Å². The molecule has 2 rings (SSSR count). The molecule has 2 atom stereocenters. The molecule has 22 heavy (non-hydrogen) atoms. The Labute approximate surface area is 130 Å². The first-order valence-electron chi connectivity index (χ1n) is 7.77. The Morgan fingerprint density at radius 1 is 1.45 bits per heavy atom. The van der Waals surface area contributed by atoms with Crippen molar-refractivity contribution >= 4 is 11.8 Å². The SMILES string of the molecule is CCNC(=O)[C@@H]1C[C@@H](N)CN1C(=O)CCc1c(C)n[nH]c1C. The van der Waals surface area contributed by atoms with E-state index in [9.17, 15) is 9.59 Å². The van der Waals surface area contributed by atoms with Crippen LogP contribution in [0.25, 0.3) is 0 Å². The Kier molecular flexibility index (Phi) is 5.18. The summed E-state index contributed by atoms with van der Waals surface area (Å²) in [6, 6.07) is -0.567. The number of amides is 2. The molecular formula is C15H25N5O2. The van der Waals surface area contributed by atoms with E-state index in [1.165, 1.54) is 0 Å². The van der Waals surface area contributed by atoms with Gasteiger partial charge in [-0.25, -0.2) is 0 Å². The molecule has 0 saturated carbocycles. The van der Waals surface area contributed by atoms with Gasteiger partial charge in [0.15, 0.2) is 0 Å². The van der Waals surface area contributed by atoms with Crippen LogP contribution in [0.15, 0.2) is 0 Å². The van der Waals surface area contributed by atoms with Gasteiger partial charge in [0, 0.05) is 31.2 Å². The molecule has 7 nitrogen and oxygen atoms in total. The van der Waals surface area contributed by atoms with E-state index in [0.717, 1.165) is 17.0 Å². The van der Waals surface area contributed by atoms with Gasteiger partial charge in [0.1, 0.15) is 6.04 Å². The fraction of sp³-hybridized carbons (Fsp3) is 0.667. The second-order valence-electron chi connectivity index (χ2n) is 5.86. The number of aromatic nitrogens is 2. The van der Waals surface area contributed by atoms with E-state index in [1.54, 1.807) is 4.90 Å². The van der Waals surface area contributed by atoms with Crippen molar-refractivity contribution in [3.8, 4) is 0 Å². The number of H-pyrrole nitrogens is 1. The van der Waals surface area contributed by atoms with Crippen molar-refractivity contribution < 1.29 is 9.59 Å². The average Bonchev–Trinajstić information content (AvgIpc) is 3.01. The number of carbonyl (C=O) groups is 2. The maximum Gasteiger partial charge on any atom is 0.242 e. The molecule has 0 spiro atoms. The van der Waals surface area contributed by atoms with E-state index in [2.05, 4.69) is 15.5 Å². The van der Waals surface area contributed by atoms with Crippen LogP contribution in [-0.2, 0) is 16.0 Å². The third kappa shape index (κ3) is 3.47. The van der Waals surface area contributed by atoms with Gasteiger partial charge in [-0.05, 0) is 39.2 Å². The lowest BCUT2D eigenvalue weighted by molar-refractivity contribution is -0.138. The van der Waals surface area contributed by atoms with E-state index < -0.39 is 6.04 Å². The normalized spacial score (nSPS) is 21.2. The molecular weight excluding hydrogens is 282 g/mol. The molecule has 4 N–H and O–H groups in total. The smallest absolute Gasteiger partial charge is 0.242 e. The topological polar surface area (TPSA) is 104 Å². The second kappa shape index (κ2) is 6.91. The summed E-state index contributed by atoms with van der Waals surface area (Å²) in [6.07, 6.45) is 1.52. The first-order valence-corrected chi connectivity index (χ1v) is 7.77. The molecule has 1 aromatic heterocycles. The van der Waals surface area contributed by atoms with Gasteiger partial charge in [-0.2, -0.15) is 5.10 Å². The summed E-state index contributed by atoms with van der Waals surface area (Å²) in [5.74, 6) is -0.135. The van der Waals surface area contributed by atoms with Gasteiger partial charge in [-0.15, -0.1) is 0 Å². The molecule has 0 bridgehead atoms. The summed E-state index contributed by atoms with van der Waals surface area (Å²) in [5.41, 5.74) is 8.92. The lowest BCUT2D eigenvalue weighted by Gasteiger charge is -2.23. The molecule has 2 amide bonds. The Morgan fingerprint density at radius 3 is 2.77 bits per heavy atom. The number of nitrogens with two attached hydrogens (primary N) is 1. The molecule has 122 valence electrons. The van der Waals surface area contributed by atoms with Gasteiger partial charge in [0.25, 0.3) is 0 Å². The predicted octanol–water partition coefficient (Wildman–Crippen LogP) is 0.0234. The molecule has 1 aliphatic rings. The summed E-state index contributed by atoms with van der Waals surface area (Å²) < 4.78 is 0. The number of carbonyl (C=O) groups excluding carboxylic acids is 2. The van der Waals surface area contributed by atoms with Crippen LogP contribution in [0, 0.1) is 13.8 Å². The van der Waals surface area contributed by atoms with Gasteiger partial charge in [0.05, 0.1) is 5.69 Å². The van der Waals surface area contributed by atoms with E-state index in [0.29, 0.717) is 32.4 Å². The molecule has 7 heteroatoms. The summed E-state index contributed by atoms with van der Waals surface area (Å²) >= 11 is 0. The van der Waals surface area contributed by atoms with Crippen molar-refractivity contribution in [1.82, 2.24) is 20.4 Å². The highest BCUT2D eigenvalue weighted by atomic mass is 16.2. The van der Waals surface area contributed by atoms with Crippen LogP contribution in [0.5, 0.6) is 0 Å². The highest BCUT2D eigenvalue weighted by Crippen LogP contribution is 2.20. The largest absolute Gasteiger partial charge is 0.355 e. The third-order valence-electron chi connectivity index (χ3n) is 4.18. The molecule has 0 aromatic carbocycles. The monoisotopic (exact) mass is 307 g/mol. The van der Waals surface area contributed by atoms with Crippen molar-refractivity contribution in [3.05, 3.63) is 17.0 Å². The van der Waals surface area contributed by atoms with Gasteiger partial charge in [-0.1, -0.05) is 0 Å². The fourth-order valence-corrected chi connectivity index (χ4v) is 3.00.